The van der Waals surface area contributed by atoms with Crippen molar-refractivity contribution in [1.29, 1.82) is 0 Å². The van der Waals surface area contributed by atoms with Gasteiger partial charge in [-0.05, 0) is 58.2 Å². The van der Waals surface area contributed by atoms with Crippen molar-refractivity contribution < 1.29 is 9.32 Å². The van der Waals surface area contributed by atoms with E-state index in [0.717, 1.165) is 38.2 Å². The van der Waals surface area contributed by atoms with Gasteiger partial charge in [-0.25, -0.2) is 0 Å². The largest absolute Gasteiger partial charge is 0.338 e. The lowest BCUT2D eigenvalue weighted by molar-refractivity contribution is -0.121. The normalized spacial score (nSPS) is 17.8. The molecule has 0 saturated carbocycles. The number of aromatic nitrogens is 3. The van der Waals surface area contributed by atoms with Crippen molar-refractivity contribution in [3.63, 3.8) is 0 Å². The zero-order valence-corrected chi connectivity index (χ0v) is 14.5. The first-order valence-electron chi connectivity index (χ1n) is 8.57. The first-order valence-corrected chi connectivity index (χ1v) is 8.57. The number of anilines is 1. The van der Waals surface area contributed by atoms with Crippen molar-refractivity contribution in [3.05, 3.63) is 29.7 Å². The average molecular weight is 331 g/mol. The van der Waals surface area contributed by atoms with Crippen molar-refractivity contribution in [1.82, 2.24) is 19.8 Å². The quantitative estimate of drug-likeness (QED) is 0.910. The zero-order chi connectivity index (χ0) is 17.1. The molecule has 0 radical (unpaired) electrons. The molecule has 3 heterocycles. The van der Waals surface area contributed by atoms with Crippen molar-refractivity contribution in [2.75, 3.05) is 18.4 Å². The highest BCUT2D eigenvalue weighted by Crippen LogP contribution is 2.28. The molecule has 2 aromatic heterocycles. The van der Waals surface area contributed by atoms with Gasteiger partial charge in [0.1, 0.15) is 0 Å². The van der Waals surface area contributed by atoms with Crippen LogP contribution in [0, 0.1) is 6.92 Å². The number of hydrogen-bond donors (Lipinski definition) is 1. The molecule has 1 fully saturated rings. The van der Waals surface area contributed by atoms with Crippen LogP contribution in [-0.4, -0.2) is 44.9 Å². The average Bonchev–Trinajstić information content (AvgIpc) is 3.23. The van der Waals surface area contributed by atoms with Gasteiger partial charge in [0.15, 0.2) is 0 Å². The number of rotatable bonds is 5. The molecule has 0 bridgehead atoms. The lowest BCUT2D eigenvalue weighted by atomic mass is 9.91. The summed E-state index contributed by atoms with van der Waals surface area (Å²) in [6.07, 6.45) is 6.22. The molecule has 2 aromatic rings. The van der Waals surface area contributed by atoms with Gasteiger partial charge in [-0.1, -0.05) is 5.16 Å². The number of carbonyl (C=O) groups excluding carboxylic acids is 1. The SMILES string of the molecule is CCn1cc(C2CCN(C(C)C(=O)Nc3cc(C)no3)CC2)cn1. The van der Waals surface area contributed by atoms with E-state index in [1.165, 1.54) is 5.56 Å². The predicted octanol–water partition coefficient (Wildman–Crippen LogP) is 2.41. The molecule has 1 aliphatic heterocycles. The fourth-order valence-corrected chi connectivity index (χ4v) is 3.20. The van der Waals surface area contributed by atoms with E-state index in [-0.39, 0.29) is 11.9 Å². The van der Waals surface area contributed by atoms with E-state index >= 15 is 0 Å². The zero-order valence-electron chi connectivity index (χ0n) is 14.5. The molecule has 1 amide bonds. The molecular weight excluding hydrogens is 306 g/mol. The minimum atomic E-state index is -0.185. The van der Waals surface area contributed by atoms with Gasteiger partial charge in [0, 0.05) is 18.8 Å². The summed E-state index contributed by atoms with van der Waals surface area (Å²) in [6, 6.07) is 1.54. The van der Waals surface area contributed by atoms with Crippen molar-refractivity contribution in [2.24, 2.45) is 0 Å². The fraction of sp³-hybridized carbons (Fsp3) is 0.588. The Labute approximate surface area is 142 Å². The Morgan fingerprint density at radius 3 is 2.79 bits per heavy atom. The van der Waals surface area contributed by atoms with Crippen molar-refractivity contribution in [2.45, 2.75) is 52.1 Å². The van der Waals surface area contributed by atoms with E-state index in [1.54, 1.807) is 6.07 Å². The number of nitrogens with one attached hydrogen (secondary N) is 1. The summed E-state index contributed by atoms with van der Waals surface area (Å²) in [4.78, 5) is 14.6. The Balaban J connectivity index is 1.52. The molecule has 1 atom stereocenters. The highest BCUT2D eigenvalue weighted by Gasteiger charge is 2.28. The molecule has 7 heteroatoms. The van der Waals surface area contributed by atoms with E-state index in [9.17, 15) is 4.79 Å². The van der Waals surface area contributed by atoms with Gasteiger partial charge in [-0.2, -0.15) is 5.10 Å². The van der Waals surface area contributed by atoms with Gasteiger partial charge >= 0.3 is 0 Å². The number of likely N-dealkylation sites (tertiary alicyclic amines) is 1. The van der Waals surface area contributed by atoms with Crippen LogP contribution in [0.15, 0.2) is 23.0 Å². The monoisotopic (exact) mass is 331 g/mol. The molecule has 24 heavy (non-hydrogen) atoms. The standard InChI is InChI=1S/C17H25N5O2/c1-4-22-11-15(10-18-22)14-5-7-21(8-6-14)13(3)17(23)19-16-9-12(2)20-24-16/h9-11,13-14H,4-8H2,1-3H3,(H,19,23). The molecule has 0 aromatic carbocycles. The van der Waals surface area contributed by atoms with E-state index in [1.807, 2.05) is 24.7 Å². The molecule has 130 valence electrons. The second-order valence-corrected chi connectivity index (χ2v) is 6.44. The van der Waals surface area contributed by atoms with Gasteiger partial charge in [-0.15, -0.1) is 0 Å². The Bertz CT molecular complexity index is 685. The van der Waals surface area contributed by atoms with Gasteiger partial charge < -0.3 is 4.52 Å². The third kappa shape index (κ3) is 3.67. The minimum absolute atomic E-state index is 0.0524. The highest BCUT2D eigenvalue weighted by molar-refractivity contribution is 5.93. The number of nitrogens with zero attached hydrogens (tertiary/aromatic N) is 4. The maximum Gasteiger partial charge on any atom is 0.243 e. The summed E-state index contributed by atoms with van der Waals surface area (Å²) in [7, 11) is 0. The third-order valence-electron chi connectivity index (χ3n) is 4.78. The summed E-state index contributed by atoms with van der Waals surface area (Å²) in [5, 5.41) is 10.9. The van der Waals surface area contributed by atoms with Crippen LogP contribution in [0.1, 0.15) is 43.9 Å². The molecule has 7 nitrogen and oxygen atoms in total. The number of hydrogen-bond acceptors (Lipinski definition) is 5. The summed E-state index contributed by atoms with van der Waals surface area (Å²) in [6.45, 7) is 8.58. The van der Waals surface area contributed by atoms with Crippen LogP contribution in [-0.2, 0) is 11.3 Å². The number of aryl methyl sites for hydroxylation is 2. The molecule has 1 aliphatic rings. The molecule has 1 saturated heterocycles. The van der Waals surface area contributed by atoms with Gasteiger partial charge in [0.2, 0.25) is 11.8 Å². The van der Waals surface area contributed by atoms with E-state index in [2.05, 4.69) is 33.6 Å². The number of carbonyl (C=O) groups is 1. The van der Waals surface area contributed by atoms with Crippen LogP contribution < -0.4 is 5.32 Å². The molecule has 1 N–H and O–H groups in total. The van der Waals surface area contributed by atoms with Crippen LogP contribution in [0.2, 0.25) is 0 Å². The summed E-state index contributed by atoms with van der Waals surface area (Å²) in [5.41, 5.74) is 2.07. The lowest BCUT2D eigenvalue weighted by Crippen LogP contribution is -2.45. The van der Waals surface area contributed by atoms with Crippen molar-refractivity contribution in [3.8, 4) is 0 Å². The molecule has 0 aliphatic carbocycles. The minimum Gasteiger partial charge on any atom is -0.338 e. The fourth-order valence-electron chi connectivity index (χ4n) is 3.20. The highest BCUT2D eigenvalue weighted by atomic mass is 16.5. The van der Waals surface area contributed by atoms with Crippen LogP contribution in [0.3, 0.4) is 0 Å². The smallest absolute Gasteiger partial charge is 0.243 e. The Kier molecular flexibility index (Phi) is 4.99. The van der Waals surface area contributed by atoms with Gasteiger partial charge in [-0.3, -0.25) is 19.7 Å². The first kappa shape index (κ1) is 16.7. The van der Waals surface area contributed by atoms with Crippen LogP contribution >= 0.6 is 0 Å². The summed E-state index contributed by atoms with van der Waals surface area (Å²) >= 11 is 0. The van der Waals surface area contributed by atoms with E-state index < -0.39 is 0 Å². The number of piperidine rings is 1. The predicted molar refractivity (Wildman–Crippen MR) is 90.8 cm³/mol. The van der Waals surface area contributed by atoms with E-state index in [4.69, 9.17) is 4.52 Å². The maximum atomic E-state index is 12.4. The van der Waals surface area contributed by atoms with Gasteiger partial charge in [0.05, 0.1) is 17.9 Å². The van der Waals surface area contributed by atoms with Crippen LogP contribution in [0.25, 0.3) is 0 Å². The third-order valence-corrected chi connectivity index (χ3v) is 4.78. The summed E-state index contributed by atoms with van der Waals surface area (Å²) < 4.78 is 7.02. The molecule has 3 rings (SSSR count). The molecule has 0 spiro atoms. The molecule has 1 unspecified atom stereocenters. The summed E-state index contributed by atoms with van der Waals surface area (Å²) in [5.74, 6) is 0.892. The molecular formula is C17H25N5O2. The Hall–Kier alpha value is -2.15. The second-order valence-electron chi connectivity index (χ2n) is 6.44. The maximum absolute atomic E-state index is 12.4. The number of amides is 1. The Morgan fingerprint density at radius 1 is 1.46 bits per heavy atom. The lowest BCUT2D eigenvalue weighted by Gasteiger charge is -2.34. The van der Waals surface area contributed by atoms with Crippen LogP contribution in [0.4, 0.5) is 5.88 Å². The second kappa shape index (κ2) is 7.17. The van der Waals surface area contributed by atoms with E-state index in [0.29, 0.717) is 11.8 Å². The van der Waals surface area contributed by atoms with Crippen molar-refractivity contribution >= 4 is 11.8 Å². The Morgan fingerprint density at radius 2 is 2.21 bits per heavy atom. The van der Waals surface area contributed by atoms with Crippen LogP contribution in [0.5, 0.6) is 0 Å². The first-order chi connectivity index (χ1) is 11.6. The topological polar surface area (TPSA) is 76.2 Å². The van der Waals surface area contributed by atoms with Gasteiger partial charge in [0.25, 0.3) is 0 Å².